The van der Waals surface area contributed by atoms with E-state index in [-0.39, 0.29) is 11.4 Å². The summed E-state index contributed by atoms with van der Waals surface area (Å²) in [6.07, 6.45) is 2.89. The highest BCUT2D eigenvalue weighted by Gasteiger charge is 2.47. The molecule has 2 N–H and O–H groups in total. The Labute approximate surface area is 109 Å². The van der Waals surface area contributed by atoms with E-state index < -0.39 is 0 Å². The van der Waals surface area contributed by atoms with Crippen LogP contribution in [0.5, 0.6) is 0 Å². The van der Waals surface area contributed by atoms with Crippen molar-refractivity contribution in [1.29, 1.82) is 0 Å². The molecule has 1 amide bonds. The molecule has 3 rings (SSSR count). The summed E-state index contributed by atoms with van der Waals surface area (Å²) in [4.78, 5) is 11.9. The zero-order valence-corrected chi connectivity index (χ0v) is 11.1. The first-order chi connectivity index (χ1) is 8.20. The Morgan fingerprint density at radius 1 is 1.35 bits per heavy atom. The number of hydrogen-bond acceptors (Lipinski definition) is 2. The van der Waals surface area contributed by atoms with Gasteiger partial charge in [0.1, 0.15) is 5.54 Å². The highest BCUT2D eigenvalue weighted by Crippen LogP contribution is 2.37. The molecule has 2 atom stereocenters. The van der Waals surface area contributed by atoms with Gasteiger partial charge in [-0.1, -0.05) is 28.1 Å². The molecule has 0 aliphatic carbocycles. The second kappa shape index (κ2) is 4.10. The van der Waals surface area contributed by atoms with Crippen LogP contribution in [0, 0.1) is 0 Å². The Morgan fingerprint density at radius 2 is 2.24 bits per heavy atom. The van der Waals surface area contributed by atoms with Gasteiger partial charge in [0.05, 0.1) is 0 Å². The molecule has 2 aliphatic rings. The molecule has 2 aliphatic heterocycles. The molecule has 4 heteroatoms. The summed E-state index contributed by atoms with van der Waals surface area (Å²) in [5.41, 5.74) is 0.962. The molecular formula is C13H15BrN2O. The maximum atomic E-state index is 11.9. The molecule has 1 spiro atoms. The fourth-order valence-corrected chi connectivity index (χ4v) is 3.31. The van der Waals surface area contributed by atoms with E-state index >= 15 is 0 Å². The molecular weight excluding hydrogens is 280 g/mol. The van der Waals surface area contributed by atoms with Crippen LogP contribution in [0.2, 0.25) is 0 Å². The van der Waals surface area contributed by atoms with Gasteiger partial charge in [-0.25, -0.2) is 0 Å². The largest absolute Gasteiger partial charge is 0.354 e. The highest BCUT2D eigenvalue weighted by atomic mass is 79.9. The first-order valence-electron chi connectivity index (χ1n) is 6.01. The molecule has 0 radical (unpaired) electrons. The van der Waals surface area contributed by atoms with Gasteiger partial charge in [-0.15, -0.1) is 0 Å². The quantitative estimate of drug-likeness (QED) is 0.833. The smallest absolute Gasteiger partial charge is 0.240 e. The van der Waals surface area contributed by atoms with Gasteiger partial charge in [0, 0.05) is 17.1 Å². The van der Waals surface area contributed by atoms with E-state index in [1.165, 1.54) is 5.56 Å². The van der Waals surface area contributed by atoms with Crippen LogP contribution < -0.4 is 10.6 Å². The summed E-state index contributed by atoms with van der Waals surface area (Å²) in [5, 5.41) is 6.45. The summed E-state index contributed by atoms with van der Waals surface area (Å²) in [7, 11) is 0. The van der Waals surface area contributed by atoms with Crippen LogP contribution in [-0.2, 0) is 4.79 Å². The monoisotopic (exact) mass is 294 g/mol. The van der Waals surface area contributed by atoms with Crippen LogP contribution in [0.25, 0.3) is 0 Å². The first-order valence-corrected chi connectivity index (χ1v) is 6.80. The summed E-state index contributed by atoms with van der Waals surface area (Å²) >= 11 is 3.49. The second-order valence-corrected chi connectivity index (χ2v) is 5.79. The third-order valence-electron chi connectivity index (χ3n) is 3.83. The van der Waals surface area contributed by atoms with Crippen molar-refractivity contribution in [2.75, 3.05) is 6.54 Å². The summed E-state index contributed by atoms with van der Waals surface area (Å²) < 4.78 is 1.09. The Bertz CT molecular complexity index is 462. The maximum absolute atomic E-state index is 11.9. The molecule has 2 heterocycles. The first kappa shape index (κ1) is 11.2. The third kappa shape index (κ3) is 1.89. The van der Waals surface area contributed by atoms with Crippen molar-refractivity contribution >= 4 is 21.8 Å². The third-order valence-corrected chi connectivity index (χ3v) is 4.33. The lowest BCUT2D eigenvalue weighted by Gasteiger charge is -2.22. The lowest BCUT2D eigenvalue weighted by atomic mass is 9.96. The van der Waals surface area contributed by atoms with Gasteiger partial charge in [-0.05, 0) is 37.0 Å². The van der Waals surface area contributed by atoms with Gasteiger partial charge in [0.2, 0.25) is 5.91 Å². The molecule has 90 valence electrons. The van der Waals surface area contributed by atoms with Gasteiger partial charge < -0.3 is 5.32 Å². The van der Waals surface area contributed by atoms with Gasteiger partial charge in [-0.2, -0.15) is 0 Å². The van der Waals surface area contributed by atoms with E-state index in [9.17, 15) is 4.79 Å². The minimum absolute atomic E-state index is 0.176. The van der Waals surface area contributed by atoms with Gasteiger partial charge in [0.25, 0.3) is 0 Å². The van der Waals surface area contributed by atoms with Crippen molar-refractivity contribution < 1.29 is 4.79 Å². The summed E-state index contributed by atoms with van der Waals surface area (Å²) in [6.45, 7) is 0.803. The van der Waals surface area contributed by atoms with Crippen LogP contribution in [-0.4, -0.2) is 18.0 Å². The molecule has 17 heavy (non-hydrogen) atoms. The fourth-order valence-electron chi connectivity index (χ4n) is 2.89. The Morgan fingerprint density at radius 3 is 2.94 bits per heavy atom. The van der Waals surface area contributed by atoms with E-state index in [2.05, 4.69) is 38.7 Å². The van der Waals surface area contributed by atoms with Crippen LogP contribution in [0.3, 0.4) is 0 Å². The topological polar surface area (TPSA) is 41.1 Å². The van der Waals surface area contributed by atoms with E-state index in [0.29, 0.717) is 6.04 Å². The van der Waals surface area contributed by atoms with Gasteiger partial charge >= 0.3 is 0 Å². The minimum Gasteiger partial charge on any atom is -0.354 e. The molecule has 2 saturated heterocycles. The number of benzene rings is 1. The van der Waals surface area contributed by atoms with Crippen molar-refractivity contribution in [2.24, 2.45) is 0 Å². The van der Waals surface area contributed by atoms with E-state index in [4.69, 9.17) is 0 Å². The lowest BCUT2D eigenvalue weighted by Crippen LogP contribution is -2.47. The number of halogens is 1. The van der Waals surface area contributed by atoms with Crippen LogP contribution >= 0.6 is 15.9 Å². The Kier molecular flexibility index (Phi) is 2.71. The molecule has 3 nitrogen and oxygen atoms in total. The number of amides is 1. The average Bonchev–Trinajstić information content (AvgIpc) is 2.89. The number of hydrogen-bond donors (Lipinski definition) is 2. The maximum Gasteiger partial charge on any atom is 0.240 e. The van der Waals surface area contributed by atoms with Crippen molar-refractivity contribution in [3.8, 4) is 0 Å². The SMILES string of the molecule is O=C1NCC[C@@]12CC[C@H](c1cccc(Br)c1)N2. The predicted octanol–water partition coefficient (Wildman–Crippen LogP) is 2.13. The fraction of sp³-hybridized carbons (Fsp3) is 0.462. The highest BCUT2D eigenvalue weighted by molar-refractivity contribution is 9.10. The molecule has 0 bridgehead atoms. The van der Waals surface area contributed by atoms with E-state index in [0.717, 1.165) is 30.3 Å². The number of rotatable bonds is 1. The summed E-state index contributed by atoms with van der Waals surface area (Å²) in [5.74, 6) is 0.176. The molecule has 1 aromatic carbocycles. The number of carbonyl (C=O) groups excluding carboxylic acids is 1. The van der Waals surface area contributed by atoms with Crippen LogP contribution in [0.15, 0.2) is 28.7 Å². The predicted molar refractivity (Wildman–Crippen MR) is 69.6 cm³/mol. The van der Waals surface area contributed by atoms with Crippen molar-refractivity contribution in [3.63, 3.8) is 0 Å². The Balaban J connectivity index is 1.82. The molecule has 0 unspecified atom stereocenters. The van der Waals surface area contributed by atoms with E-state index in [1.807, 2.05) is 12.1 Å². The normalized spacial score (nSPS) is 32.1. The molecule has 1 aromatic rings. The summed E-state index contributed by atoms with van der Waals surface area (Å²) in [6, 6.07) is 8.62. The van der Waals surface area contributed by atoms with Crippen LogP contribution in [0.1, 0.15) is 30.9 Å². The van der Waals surface area contributed by atoms with Crippen molar-refractivity contribution in [3.05, 3.63) is 34.3 Å². The van der Waals surface area contributed by atoms with E-state index in [1.54, 1.807) is 0 Å². The number of carbonyl (C=O) groups is 1. The van der Waals surface area contributed by atoms with Crippen molar-refractivity contribution in [2.45, 2.75) is 30.8 Å². The zero-order chi connectivity index (χ0) is 11.9. The molecule has 0 aromatic heterocycles. The molecule has 0 saturated carbocycles. The van der Waals surface area contributed by atoms with Crippen LogP contribution in [0.4, 0.5) is 0 Å². The zero-order valence-electron chi connectivity index (χ0n) is 9.50. The van der Waals surface area contributed by atoms with Crippen molar-refractivity contribution in [1.82, 2.24) is 10.6 Å². The second-order valence-electron chi connectivity index (χ2n) is 4.88. The molecule has 2 fully saturated rings. The van der Waals surface area contributed by atoms with Gasteiger partial charge in [0.15, 0.2) is 0 Å². The average molecular weight is 295 g/mol. The minimum atomic E-state index is -0.299. The Hall–Kier alpha value is -0.870. The number of nitrogens with one attached hydrogen (secondary N) is 2. The van der Waals surface area contributed by atoms with Gasteiger partial charge in [-0.3, -0.25) is 10.1 Å². The standard InChI is InChI=1S/C13H15BrN2O/c14-10-3-1-2-9(8-10)11-4-5-13(16-11)6-7-15-12(13)17/h1-3,8,11,16H,4-7H2,(H,15,17)/t11-,13+/m1/s1. The lowest BCUT2D eigenvalue weighted by molar-refractivity contribution is -0.124.